The van der Waals surface area contributed by atoms with Crippen molar-refractivity contribution in [2.75, 3.05) is 36.6 Å². The van der Waals surface area contributed by atoms with Gasteiger partial charge in [0.2, 0.25) is 15.9 Å². The molecule has 158 valence electrons. The first-order valence-electron chi connectivity index (χ1n) is 8.90. The Labute approximate surface area is 171 Å². The van der Waals surface area contributed by atoms with Crippen molar-refractivity contribution in [1.82, 2.24) is 0 Å². The van der Waals surface area contributed by atoms with Gasteiger partial charge in [-0.2, -0.15) is 0 Å². The van der Waals surface area contributed by atoms with Crippen molar-refractivity contribution < 1.29 is 27.4 Å². The lowest BCUT2D eigenvalue weighted by Crippen LogP contribution is -2.37. The summed E-state index contributed by atoms with van der Waals surface area (Å²) in [5.41, 5.74) is 0.738. The molecule has 0 heterocycles. The molecule has 0 aliphatic rings. The van der Waals surface area contributed by atoms with Gasteiger partial charge in [0, 0.05) is 11.8 Å². The number of benzene rings is 2. The van der Waals surface area contributed by atoms with Gasteiger partial charge in [-0.25, -0.2) is 8.42 Å². The number of carbonyl (C=O) groups excluding carboxylic acids is 1. The van der Waals surface area contributed by atoms with Crippen LogP contribution < -0.4 is 23.8 Å². The summed E-state index contributed by atoms with van der Waals surface area (Å²) < 4.78 is 41.7. The standard InChI is InChI=1S/C20H26N2O6S/c1-14(2)28-16-8-6-15(7-9-16)21-20(23)13-22(29(5,24)25)18-12-17(26-3)10-11-19(18)27-4/h6-12,14H,13H2,1-5H3,(H,21,23). The Morgan fingerprint density at radius 3 is 2.17 bits per heavy atom. The maximum atomic E-state index is 12.5. The van der Waals surface area contributed by atoms with Crippen molar-refractivity contribution in [3.05, 3.63) is 42.5 Å². The second kappa shape index (κ2) is 9.51. The number of rotatable bonds is 9. The van der Waals surface area contributed by atoms with Crippen molar-refractivity contribution in [3.63, 3.8) is 0 Å². The van der Waals surface area contributed by atoms with Crippen LogP contribution in [0.1, 0.15) is 13.8 Å². The van der Waals surface area contributed by atoms with Gasteiger partial charge in [0.05, 0.1) is 32.3 Å². The van der Waals surface area contributed by atoms with E-state index in [9.17, 15) is 13.2 Å². The summed E-state index contributed by atoms with van der Waals surface area (Å²) in [6.45, 7) is 3.41. The third-order valence-corrected chi connectivity index (χ3v) is 4.98. The van der Waals surface area contributed by atoms with E-state index in [-0.39, 0.29) is 11.8 Å². The predicted molar refractivity (Wildman–Crippen MR) is 113 cm³/mol. The number of ether oxygens (including phenoxy) is 3. The maximum Gasteiger partial charge on any atom is 0.245 e. The van der Waals surface area contributed by atoms with Crippen LogP contribution >= 0.6 is 0 Å². The Balaban J connectivity index is 2.22. The van der Waals surface area contributed by atoms with Gasteiger partial charge in [0.15, 0.2) is 0 Å². The average Bonchev–Trinajstić information content (AvgIpc) is 2.66. The van der Waals surface area contributed by atoms with E-state index in [1.54, 1.807) is 36.4 Å². The van der Waals surface area contributed by atoms with Crippen LogP contribution in [-0.2, 0) is 14.8 Å². The van der Waals surface area contributed by atoms with Crippen LogP contribution in [0.5, 0.6) is 17.2 Å². The normalized spacial score (nSPS) is 11.1. The zero-order valence-electron chi connectivity index (χ0n) is 17.1. The van der Waals surface area contributed by atoms with Crippen molar-refractivity contribution in [1.29, 1.82) is 0 Å². The minimum atomic E-state index is -3.77. The molecule has 0 radical (unpaired) electrons. The van der Waals surface area contributed by atoms with Gasteiger partial charge in [-0.15, -0.1) is 0 Å². The second-order valence-corrected chi connectivity index (χ2v) is 8.45. The molecule has 29 heavy (non-hydrogen) atoms. The first-order chi connectivity index (χ1) is 13.6. The topological polar surface area (TPSA) is 94.2 Å². The number of carbonyl (C=O) groups is 1. The highest BCUT2D eigenvalue weighted by Gasteiger charge is 2.24. The first kappa shape index (κ1) is 22.4. The molecule has 0 atom stereocenters. The molecular formula is C20H26N2O6S. The van der Waals surface area contributed by atoms with E-state index in [1.165, 1.54) is 20.3 Å². The van der Waals surface area contributed by atoms with Gasteiger partial charge < -0.3 is 19.5 Å². The summed E-state index contributed by atoms with van der Waals surface area (Å²) in [6, 6.07) is 11.6. The van der Waals surface area contributed by atoms with Gasteiger partial charge >= 0.3 is 0 Å². The lowest BCUT2D eigenvalue weighted by Gasteiger charge is -2.24. The van der Waals surface area contributed by atoms with Gasteiger partial charge in [-0.05, 0) is 50.2 Å². The summed E-state index contributed by atoms with van der Waals surface area (Å²) in [7, 11) is -0.875. The zero-order chi connectivity index (χ0) is 21.6. The number of hydrogen-bond acceptors (Lipinski definition) is 6. The summed E-state index contributed by atoms with van der Waals surface area (Å²) >= 11 is 0. The quantitative estimate of drug-likeness (QED) is 0.668. The molecule has 0 aliphatic heterocycles. The molecule has 2 aromatic rings. The SMILES string of the molecule is COc1ccc(OC)c(N(CC(=O)Nc2ccc(OC(C)C)cc2)S(C)(=O)=O)c1. The van der Waals surface area contributed by atoms with E-state index in [2.05, 4.69) is 5.32 Å². The summed E-state index contributed by atoms with van der Waals surface area (Å²) in [6.07, 6.45) is 1.06. The molecule has 0 unspecified atom stereocenters. The molecule has 0 spiro atoms. The van der Waals surface area contributed by atoms with Crippen molar-refractivity contribution in [3.8, 4) is 17.2 Å². The fourth-order valence-corrected chi connectivity index (χ4v) is 3.44. The first-order valence-corrected chi connectivity index (χ1v) is 10.7. The number of methoxy groups -OCH3 is 2. The highest BCUT2D eigenvalue weighted by molar-refractivity contribution is 7.92. The van der Waals surface area contributed by atoms with Crippen LogP contribution in [0.15, 0.2) is 42.5 Å². The van der Waals surface area contributed by atoms with E-state index >= 15 is 0 Å². The molecule has 0 saturated heterocycles. The van der Waals surface area contributed by atoms with Gasteiger partial charge in [-0.3, -0.25) is 9.10 Å². The second-order valence-electron chi connectivity index (χ2n) is 6.55. The molecule has 1 amide bonds. The Hall–Kier alpha value is -2.94. The van der Waals surface area contributed by atoms with Crippen molar-refractivity contribution >= 4 is 27.3 Å². The number of sulfonamides is 1. The molecule has 1 N–H and O–H groups in total. The predicted octanol–water partition coefficient (Wildman–Crippen LogP) is 2.90. The van der Waals surface area contributed by atoms with Crippen LogP contribution in [0.2, 0.25) is 0 Å². The number of nitrogens with zero attached hydrogens (tertiary/aromatic N) is 1. The monoisotopic (exact) mass is 422 g/mol. The van der Waals surface area contributed by atoms with Gasteiger partial charge in [-0.1, -0.05) is 0 Å². The smallest absolute Gasteiger partial charge is 0.245 e. The van der Waals surface area contributed by atoms with E-state index in [1.807, 2.05) is 13.8 Å². The lowest BCUT2D eigenvalue weighted by atomic mass is 10.2. The number of amides is 1. The third-order valence-electron chi connectivity index (χ3n) is 3.85. The molecule has 0 saturated carbocycles. The Kier molecular flexibility index (Phi) is 7.33. The molecule has 2 rings (SSSR count). The van der Waals surface area contributed by atoms with Crippen LogP contribution in [0, 0.1) is 0 Å². The van der Waals surface area contributed by atoms with Gasteiger partial charge in [0.25, 0.3) is 0 Å². The molecule has 0 fully saturated rings. The zero-order valence-corrected chi connectivity index (χ0v) is 17.9. The van der Waals surface area contributed by atoms with E-state index < -0.39 is 22.5 Å². The number of anilines is 2. The molecule has 9 heteroatoms. The van der Waals surface area contributed by atoms with Crippen molar-refractivity contribution in [2.24, 2.45) is 0 Å². The van der Waals surface area contributed by atoms with E-state index in [0.29, 0.717) is 22.9 Å². The van der Waals surface area contributed by atoms with Crippen LogP contribution in [0.25, 0.3) is 0 Å². The van der Waals surface area contributed by atoms with Gasteiger partial charge in [0.1, 0.15) is 23.8 Å². The highest BCUT2D eigenvalue weighted by atomic mass is 32.2. The largest absolute Gasteiger partial charge is 0.497 e. The Morgan fingerprint density at radius 2 is 1.66 bits per heavy atom. The lowest BCUT2D eigenvalue weighted by molar-refractivity contribution is -0.114. The summed E-state index contributed by atoms with van der Waals surface area (Å²) in [5, 5.41) is 2.69. The number of nitrogens with one attached hydrogen (secondary N) is 1. The molecule has 0 aliphatic carbocycles. The van der Waals surface area contributed by atoms with Crippen LogP contribution in [0.3, 0.4) is 0 Å². The number of hydrogen-bond donors (Lipinski definition) is 1. The fourth-order valence-electron chi connectivity index (χ4n) is 2.59. The molecule has 0 aromatic heterocycles. The molecule has 2 aromatic carbocycles. The van der Waals surface area contributed by atoms with Crippen LogP contribution in [0.4, 0.5) is 11.4 Å². The molecule has 8 nitrogen and oxygen atoms in total. The van der Waals surface area contributed by atoms with E-state index in [0.717, 1.165) is 10.6 Å². The average molecular weight is 423 g/mol. The van der Waals surface area contributed by atoms with Crippen LogP contribution in [-0.4, -0.2) is 47.4 Å². The minimum absolute atomic E-state index is 0.0385. The molecule has 0 bridgehead atoms. The fraction of sp³-hybridized carbons (Fsp3) is 0.350. The third kappa shape index (κ3) is 6.28. The summed E-state index contributed by atoms with van der Waals surface area (Å²) in [5.74, 6) is 0.921. The van der Waals surface area contributed by atoms with Crippen molar-refractivity contribution in [2.45, 2.75) is 20.0 Å². The highest BCUT2D eigenvalue weighted by Crippen LogP contribution is 2.33. The van der Waals surface area contributed by atoms with E-state index in [4.69, 9.17) is 14.2 Å². The Bertz CT molecular complexity index is 942. The Morgan fingerprint density at radius 1 is 1.03 bits per heavy atom. The maximum absolute atomic E-state index is 12.5. The molecular weight excluding hydrogens is 396 g/mol. The minimum Gasteiger partial charge on any atom is -0.497 e. The summed E-state index contributed by atoms with van der Waals surface area (Å²) in [4.78, 5) is 12.5.